The Morgan fingerprint density at radius 2 is 1.71 bits per heavy atom. The van der Waals surface area contributed by atoms with Gasteiger partial charge in [0.2, 0.25) is 0 Å². The summed E-state index contributed by atoms with van der Waals surface area (Å²) in [6.45, 7) is 0. The van der Waals surface area contributed by atoms with Crippen LogP contribution in [-0.4, -0.2) is 18.0 Å². The second kappa shape index (κ2) is 7.99. The fourth-order valence-corrected chi connectivity index (χ4v) is 2.47. The normalized spacial score (nSPS) is 11.0. The average Bonchev–Trinajstić information content (AvgIpc) is 2.69. The van der Waals surface area contributed by atoms with E-state index in [1.807, 2.05) is 0 Å². The van der Waals surface area contributed by atoms with Crippen molar-refractivity contribution in [3.63, 3.8) is 0 Å². The lowest BCUT2D eigenvalue weighted by Crippen LogP contribution is -2.13. The minimum Gasteiger partial charge on any atom is -0.497 e. The Morgan fingerprint density at radius 1 is 1.00 bits per heavy atom. The van der Waals surface area contributed by atoms with Crippen molar-refractivity contribution in [3.8, 4) is 5.75 Å². The van der Waals surface area contributed by atoms with Gasteiger partial charge in [0.15, 0.2) is 0 Å². The number of hydrogen-bond donors (Lipinski definition) is 2. The number of hydrogen-bond acceptors (Lipinski definition) is 4. The number of halogens is 3. The highest BCUT2D eigenvalue weighted by molar-refractivity contribution is 6.03. The van der Waals surface area contributed by atoms with E-state index in [2.05, 4.69) is 15.6 Å². The summed E-state index contributed by atoms with van der Waals surface area (Å²) in [4.78, 5) is 16.3. The fraction of sp³-hybridized carbons (Fsp3) is 0.100. The number of carbonyl (C=O) groups excluding carboxylic acids is 1. The third-order valence-corrected chi connectivity index (χ3v) is 3.87. The highest BCUT2D eigenvalue weighted by atomic mass is 19.4. The summed E-state index contributed by atoms with van der Waals surface area (Å²) in [5.41, 5.74) is -0.0678. The summed E-state index contributed by atoms with van der Waals surface area (Å²) in [5, 5.41) is 5.32. The van der Waals surface area contributed by atoms with Crippen LogP contribution in [0, 0.1) is 0 Å². The molecule has 2 aromatic carbocycles. The molecule has 0 aliphatic rings. The predicted octanol–water partition coefficient (Wildman–Crippen LogP) is 5.10. The lowest BCUT2D eigenvalue weighted by Gasteiger charge is -2.14. The minimum atomic E-state index is -4.47. The van der Waals surface area contributed by atoms with E-state index >= 15 is 0 Å². The van der Waals surface area contributed by atoms with Crippen molar-refractivity contribution in [1.29, 1.82) is 0 Å². The summed E-state index contributed by atoms with van der Waals surface area (Å²) >= 11 is 0. The zero-order chi connectivity index (χ0) is 20.1. The number of ether oxygens (including phenoxy) is 1. The molecule has 5 nitrogen and oxygen atoms in total. The number of nitrogens with zero attached hydrogens (tertiary/aromatic N) is 1. The summed E-state index contributed by atoms with van der Waals surface area (Å²) in [7, 11) is 1.53. The molecule has 0 aliphatic carbocycles. The zero-order valence-electron chi connectivity index (χ0n) is 14.7. The van der Waals surface area contributed by atoms with Crippen LogP contribution in [0.4, 0.5) is 30.4 Å². The van der Waals surface area contributed by atoms with Gasteiger partial charge in [-0.3, -0.25) is 4.79 Å². The number of benzene rings is 2. The van der Waals surface area contributed by atoms with Gasteiger partial charge in [-0.1, -0.05) is 12.1 Å². The highest BCUT2D eigenvalue weighted by Crippen LogP contribution is 2.35. The molecular weight excluding hydrogens is 371 g/mol. The van der Waals surface area contributed by atoms with E-state index in [4.69, 9.17) is 4.74 Å². The molecule has 0 spiro atoms. The third-order valence-electron chi connectivity index (χ3n) is 3.87. The Bertz CT molecular complexity index is 956. The Kier molecular flexibility index (Phi) is 5.49. The Labute approximate surface area is 159 Å². The molecule has 144 valence electrons. The number of pyridine rings is 1. The van der Waals surface area contributed by atoms with Gasteiger partial charge in [0.25, 0.3) is 5.91 Å². The lowest BCUT2D eigenvalue weighted by molar-refractivity contribution is -0.136. The van der Waals surface area contributed by atoms with Crippen LogP contribution in [0.25, 0.3) is 0 Å². The first-order valence-electron chi connectivity index (χ1n) is 8.21. The van der Waals surface area contributed by atoms with Crippen LogP contribution in [0.1, 0.15) is 15.9 Å². The van der Waals surface area contributed by atoms with Crippen LogP contribution in [0.3, 0.4) is 0 Å². The van der Waals surface area contributed by atoms with Crippen molar-refractivity contribution in [2.24, 2.45) is 0 Å². The van der Waals surface area contributed by atoms with Crippen LogP contribution in [0.15, 0.2) is 66.9 Å². The molecule has 0 radical (unpaired) electrons. The van der Waals surface area contributed by atoms with Gasteiger partial charge in [-0.05, 0) is 48.5 Å². The molecule has 2 N–H and O–H groups in total. The molecule has 0 bridgehead atoms. The highest BCUT2D eigenvalue weighted by Gasteiger charge is 2.33. The van der Waals surface area contributed by atoms with Gasteiger partial charge in [-0.25, -0.2) is 4.98 Å². The monoisotopic (exact) mass is 387 g/mol. The molecule has 0 aliphatic heterocycles. The standard InChI is InChI=1S/C20H16F3N3O2/c1-28-15-9-6-13(7-10-15)19(27)26-18-11-8-14(12-24-18)25-17-5-3-2-4-16(17)20(21,22)23/h2-12,25H,1H3,(H,24,26,27). The van der Waals surface area contributed by atoms with Gasteiger partial charge in [0.05, 0.1) is 30.2 Å². The number of carbonyl (C=O) groups is 1. The maximum atomic E-state index is 13.1. The predicted molar refractivity (Wildman–Crippen MR) is 99.9 cm³/mol. The quantitative estimate of drug-likeness (QED) is 0.639. The molecule has 3 rings (SSSR count). The van der Waals surface area contributed by atoms with Gasteiger partial charge in [0, 0.05) is 5.56 Å². The summed E-state index contributed by atoms with van der Waals surface area (Å²) in [6, 6.07) is 14.7. The van der Waals surface area contributed by atoms with E-state index in [1.54, 1.807) is 24.3 Å². The smallest absolute Gasteiger partial charge is 0.418 e. The summed E-state index contributed by atoms with van der Waals surface area (Å²) in [6.07, 6.45) is -3.12. The maximum absolute atomic E-state index is 13.1. The summed E-state index contributed by atoms with van der Waals surface area (Å²) < 4.78 is 44.2. The molecule has 28 heavy (non-hydrogen) atoms. The molecule has 3 aromatic rings. The van der Waals surface area contributed by atoms with E-state index in [9.17, 15) is 18.0 Å². The van der Waals surface area contributed by atoms with Gasteiger partial charge in [-0.2, -0.15) is 13.2 Å². The second-order valence-corrected chi connectivity index (χ2v) is 5.78. The Hall–Kier alpha value is -3.55. The van der Waals surface area contributed by atoms with Gasteiger partial charge < -0.3 is 15.4 Å². The lowest BCUT2D eigenvalue weighted by atomic mass is 10.1. The maximum Gasteiger partial charge on any atom is 0.418 e. The number of nitrogens with one attached hydrogen (secondary N) is 2. The molecule has 1 aromatic heterocycles. The van der Waals surface area contributed by atoms with Crippen molar-refractivity contribution in [3.05, 3.63) is 78.0 Å². The summed E-state index contributed by atoms with van der Waals surface area (Å²) in [5.74, 6) is 0.540. The van der Waals surface area contributed by atoms with Crippen molar-refractivity contribution in [1.82, 2.24) is 4.98 Å². The fourth-order valence-electron chi connectivity index (χ4n) is 2.47. The second-order valence-electron chi connectivity index (χ2n) is 5.78. The van der Waals surface area contributed by atoms with E-state index in [0.717, 1.165) is 6.07 Å². The van der Waals surface area contributed by atoms with Crippen LogP contribution < -0.4 is 15.4 Å². The molecule has 0 fully saturated rings. The van der Waals surface area contributed by atoms with Crippen molar-refractivity contribution in [2.45, 2.75) is 6.18 Å². The van der Waals surface area contributed by atoms with Crippen molar-refractivity contribution in [2.75, 3.05) is 17.7 Å². The van der Waals surface area contributed by atoms with E-state index in [0.29, 0.717) is 17.0 Å². The van der Waals surface area contributed by atoms with E-state index < -0.39 is 11.7 Å². The largest absolute Gasteiger partial charge is 0.497 e. The molecule has 0 saturated carbocycles. The van der Waals surface area contributed by atoms with Crippen molar-refractivity contribution < 1.29 is 22.7 Å². The zero-order valence-corrected chi connectivity index (χ0v) is 14.7. The average molecular weight is 387 g/mol. The minimum absolute atomic E-state index is 0.0770. The number of methoxy groups -OCH3 is 1. The molecule has 0 atom stereocenters. The molecular formula is C20H16F3N3O2. The topological polar surface area (TPSA) is 63.2 Å². The van der Waals surface area contributed by atoms with Gasteiger partial charge in [0.1, 0.15) is 11.6 Å². The molecule has 8 heteroatoms. The number of aromatic nitrogens is 1. The number of amides is 1. The first kappa shape index (κ1) is 19.2. The first-order valence-corrected chi connectivity index (χ1v) is 8.21. The Balaban J connectivity index is 1.69. The van der Waals surface area contributed by atoms with E-state index in [1.165, 1.54) is 43.6 Å². The van der Waals surface area contributed by atoms with Crippen molar-refractivity contribution >= 4 is 23.1 Å². The number of rotatable bonds is 5. The number of para-hydroxylation sites is 1. The van der Waals surface area contributed by atoms with Crippen LogP contribution in [0.2, 0.25) is 0 Å². The first-order chi connectivity index (χ1) is 13.4. The van der Waals surface area contributed by atoms with Crippen LogP contribution >= 0.6 is 0 Å². The molecule has 0 saturated heterocycles. The molecule has 0 unspecified atom stereocenters. The van der Waals surface area contributed by atoms with Crippen LogP contribution in [-0.2, 0) is 6.18 Å². The Morgan fingerprint density at radius 3 is 2.32 bits per heavy atom. The van der Waals surface area contributed by atoms with Crippen LogP contribution in [0.5, 0.6) is 5.75 Å². The van der Waals surface area contributed by atoms with Gasteiger partial charge in [-0.15, -0.1) is 0 Å². The third kappa shape index (κ3) is 4.59. The van der Waals surface area contributed by atoms with E-state index in [-0.39, 0.29) is 17.4 Å². The number of anilines is 3. The molecule has 1 amide bonds. The molecule has 1 heterocycles. The SMILES string of the molecule is COc1ccc(C(=O)Nc2ccc(Nc3ccccc3C(F)(F)F)cn2)cc1. The van der Waals surface area contributed by atoms with Gasteiger partial charge >= 0.3 is 6.18 Å². The number of alkyl halides is 3.